The number of carbonyl (C=O) groups is 1. The number of aromatic nitrogens is 1. The minimum atomic E-state index is -0.103. The average molecular weight is 325 g/mol. The first kappa shape index (κ1) is 17.8. The lowest BCUT2D eigenvalue weighted by atomic mass is 10.1. The van der Waals surface area contributed by atoms with Gasteiger partial charge in [-0.2, -0.15) is 5.26 Å². The van der Waals surface area contributed by atoms with Crippen LogP contribution in [0.3, 0.4) is 0 Å². The molecule has 5 nitrogen and oxygen atoms in total. The highest BCUT2D eigenvalue weighted by Crippen LogP contribution is 2.21. The largest absolute Gasteiger partial charge is 0.396 e. The van der Waals surface area contributed by atoms with Crippen molar-refractivity contribution < 1.29 is 9.90 Å². The van der Waals surface area contributed by atoms with Crippen molar-refractivity contribution in [3.8, 4) is 11.8 Å². The smallest absolute Gasteiger partial charge is 0.253 e. The van der Waals surface area contributed by atoms with E-state index in [0.29, 0.717) is 17.5 Å². The minimum absolute atomic E-state index is 0.0163. The Morgan fingerprint density at radius 1 is 1.33 bits per heavy atom. The number of nitrogens with one attached hydrogen (secondary N) is 1. The standard InChI is InChI=1S/C19H23N3O2/c1-13(5-4-10-23)21-19(24)18-11-14(2)22(15(18)3)17-8-6-16(12-20)7-9-17/h6-9,11,13,23H,4-5,10H2,1-3H3,(H,21,24). The Kier molecular flexibility index (Phi) is 5.78. The Balaban J connectivity index is 2.25. The van der Waals surface area contributed by atoms with E-state index in [2.05, 4.69) is 11.4 Å². The monoisotopic (exact) mass is 325 g/mol. The summed E-state index contributed by atoms with van der Waals surface area (Å²) in [4.78, 5) is 12.5. The zero-order chi connectivity index (χ0) is 17.7. The summed E-state index contributed by atoms with van der Waals surface area (Å²) in [5.74, 6) is -0.103. The number of hydrogen-bond acceptors (Lipinski definition) is 3. The maximum Gasteiger partial charge on any atom is 0.253 e. The molecular weight excluding hydrogens is 302 g/mol. The third-order valence-corrected chi connectivity index (χ3v) is 4.10. The van der Waals surface area contributed by atoms with Gasteiger partial charge in [0.05, 0.1) is 17.2 Å². The van der Waals surface area contributed by atoms with Crippen molar-refractivity contribution in [3.63, 3.8) is 0 Å². The number of carbonyl (C=O) groups excluding carboxylic acids is 1. The normalized spacial score (nSPS) is 11.8. The van der Waals surface area contributed by atoms with E-state index < -0.39 is 0 Å². The van der Waals surface area contributed by atoms with Crippen LogP contribution in [0.25, 0.3) is 5.69 Å². The third-order valence-electron chi connectivity index (χ3n) is 4.10. The predicted molar refractivity (Wildman–Crippen MR) is 93.2 cm³/mol. The van der Waals surface area contributed by atoms with E-state index in [1.165, 1.54) is 0 Å². The molecule has 0 spiro atoms. The number of aliphatic hydroxyl groups excluding tert-OH is 1. The average Bonchev–Trinajstić information content (AvgIpc) is 2.87. The van der Waals surface area contributed by atoms with E-state index in [4.69, 9.17) is 10.4 Å². The van der Waals surface area contributed by atoms with Crippen LogP contribution >= 0.6 is 0 Å². The molecule has 2 rings (SSSR count). The van der Waals surface area contributed by atoms with Crippen LogP contribution in [-0.4, -0.2) is 28.2 Å². The second kappa shape index (κ2) is 7.80. The van der Waals surface area contributed by atoms with Crippen molar-refractivity contribution in [2.75, 3.05) is 6.61 Å². The lowest BCUT2D eigenvalue weighted by molar-refractivity contribution is 0.0936. The summed E-state index contributed by atoms with van der Waals surface area (Å²) in [6.07, 6.45) is 1.42. The van der Waals surface area contributed by atoms with Crippen molar-refractivity contribution in [1.29, 1.82) is 5.26 Å². The number of aryl methyl sites for hydroxylation is 1. The lowest BCUT2D eigenvalue weighted by Crippen LogP contribution is -2.32. The molecule has 0 aliphatic rings. The summed E-state index contributed by atoms with van der Waals surface area (Å²) in [6.45, 7) is 5.94. The molecule has 1 amide bonds. The molecule has 1 aromatic heterocycles. The Bertz CT molecular complexity index is 754. The van der Waals surface area contributed by atoms with E-state index in [1.54, 1.807) is 12.1 Å². The van der Waals surface area contributed by atoms with E-state index >= 15 is 0 Å². The zero-order valence-corrected chi connectivity index (χ0v) is 14.3. The first-order chi connectivity index (χ1) is 11.5. The molecule has 0 aliphatic heterocycles. The molecule has 2 N–H and O–H groups in total. The van der Waals surface area contributed by atoms with Gasteiger partial charge in [-0.05, 0) is 63.9 Å². The lowest BCUT2D eigenvalue weighted by Gasteiger charge is -2.14. The second-order valence-corrected chi connectivity index (χ2v) is 6.02. The molecule has 1 unspecified atom stereocenters. The zero-order valence-electron chi connectivity index (χ0n) is 14.3. The van der Waals surface area contributed by atoms with Crippen LogP contribution in [0.4, 0.5) is 0 Å². The SMILES string of the molecule is Cc1cc(C(=O)NC(C)CCCO)c(C)n1-c1ccc(C#N)cc1. The first-order valence-electron chi connectivity index (χ1n) is 8.09. The first-order valence-corrected chi connectivity index (χ1v) is 8.09. The molecule has 0 aliphatic carbocycles. The second-order valence-electron chi connectivity index (χ2n) is 6.02. The Labute approximate surface area is 142 Å². The summed E-state index contributed by atoms with van der Waals surface area (Å²) in [5, 5.41) is 20.8. The van der Waals surface area contributed by atoms with Crippen molar-refractivity contribution in [2.24, 2.45) is 0 Å². The molecule has 0 bridgehead atoms. The highest BCUT2D eigenvalue weighted by Gasteiger charge is 2.18. The van der Waals surface area contributed by atoms with Crippen LogP contribution in [0.5, 0.6) is 0 Å². The molecule has 0 radical (unpaired) electrons. The molecular formula is C19H23N3O2. The van der Waals surface area contributed by atoms with Crippen molar-refractivity contribution in [1.82, 2.24) is 9.88 Å². The molecule has 24 heavy (non-hydrogen) atoms. The molecule has 0 saturated heterocycles. The molecule has 126 valence electrons. The van der Waals surface area contributed by atoms with Gasteiger partial charge in [-0.15, -0.1) is 0 Å². The van der Waals surface area contributed by atoms with Crippen molar-refractivity contribution in [3.05, 3.63) is 52.8 Å². The van der Waals surface area contributed by atoms with Crippen molar-refractivity contribution in [2.45, 2.75) is 39.7 Å². The van der Waals surface area contributed by atoms with Crippen LogP contribution in [0, 0.1) is 25.2 Å². The number of benzene rings is 1. The molecule has 1 atom stereocenters. The molecule has 0 saturated carbocycles. The maximum absolute atomic E-state index is 12.5. The highest BCUT2D eigenvalue weighted by atomic mass is 16.3. The molecule has 1 aromatic carbocycles. The van der Waals surface area contributed by atoms with E-state index in [9.17, 15) is 4.79 Å². The van der Waals surface area contributed by atoms with E-state index in [-0.39, 0.29) is 18.6 Å². The molecule has 5 heteroatoms. The quantitative estimate of drug-likeness (QED) is 0.857. The number of aliphatic hydroxyl groups is 1. The maximum atomic E-state index is 12.5. The van der Waals surface area contributed by atoms with Gasteiger partial charge in [-0.25, -0.2) is 0 Å². The number of nitrogens with zero attached hydrogens (tertiary/aromatic N) is 2. The topological polar surface area (TPSA) is 78.0 Å². The van der Waals surface area contributed by atoms with Crippen molar-refractivity contribution >= 4 is 5.91 Å². The van der Waals surface area contributed by atoms with Crippen LogP contribution < -0.4 is 5.32 Å². The number of rotatable bonds is 6. The number of amides is 1. The summed E-state index contributed by atoms with van der Waals surface area (Å²) in [5.41, 5.74) is 4.01. The van der Waals surface area contributed by atoms with Gasteiger partial charge in [-0.1, -0.05) is 0 Å². The summed E-state index contributed by atoms with van der Waals surface area (Å²) >= 11 is 0. The van der Waals surface area contributed by atoms with Gasteiger partial charge >= 0.3 is 0 Å². The van der Waals surface area contributed by atoms with Gasteiger partial charge in [0.1, 0.15) is 0 Å². The van der Waals surface area contributed by atoms with Gasteiger partial charge in [0.2, 0.25) is 0 Å². The Morgan fingerprint density at radius 2 is 2.00 bits per heavy atom. The van der Waals surface area contributed by atoms with Crippen LogP contribution in [-0.2, 0) is 0 Å². The molecule has 1 heterocycles. The van der Waals surface area contributed by atoms with Gasteiger partial charge in [0, 0.05) is 29.7 Å². The van der Waals surface area contributed by atoms with Gasteiger partial charge in [0.25, 0.3) is 5.91 Å². The fourth-order valence-corrected chi connectivity index (χ4v) is 2.85. The van der Waals surface area contributed by atoms with E-state index in [0.717, 1.165) is 23.5 Å². The Morgan fingerprint density at radius 3 is 2.58 bits per heavy atom. The van der Waals surface area contributed by atoms with Crippen LogP contribution in [0.15, 0.2) is 30.3 Å². The van der Waals surface area contributed by atoms with Gasteiger partial charge < -0.3 is 15.0 Å². The Hall–Kier alpha value is -2.58. The van der Waals surface area contributed by atoms with Gasteiger partial charge in [-0.3, -0.25) is 4.79 Å². The van der Waals surface area contributed by atoms with E-state index in [1.807, 2.05) is 43.5 Å². The molecule has 2 aromatic rings. The highest BCUT2D eigenvalue weighted by molar-refractivity contribution is 5.96. The fraction of sp³-hybridized carbons (Fsp3) is 0.368. The number of hydrogen-bond donors (Lipinski definition) is 2. The summed E-state index contributed by atoms with van der Waals surface area (Å²) in [7, 11) is 0. The predicted octanol–water partition coefficient (Wildman–Crippen LogP) is 2.86. The summed E-state index contributed by atoms with van der Waals surface area (Å²) < 4.78 is 2.01. The van der Waals surface area contributed by atoms with Gasteiger partial charge in [0.15, 0.2) is 0 Å². The van der Waals surface area contributed by atoms with Crippen LogP contribution in [0.1, 0.15) is 47.1 Å². The minimum Gasteiger partial charge on any atom is -0.396 e. The van der Waals surface area contributed by atoms with Crippen LogP contribution in [0.2, 0.25) is 0 Å². The molecule has 0 fully saturated rings. The summed E-state index contributed by atoms with van der Waals surface area (Å²) in [6, 6.07) is 11.3. The fourth-order valence-electron chi connectivity index (χ4n) is 2.85. The number of nitriles is 1. The third kappa shape index (κ3) is 3.84.